The predicted molar refractivity (Wildman–Crippen MR) is 120 cm³/mol. The zero-order chi connectivity index (χ0) is 21.3. The van der Waals surface area contributed by atoms with E-state index in [0.717, 1.165) is 25.3 Å². The van der Waals surface area contributed by atoms with Crippen molar-refractivity contribution < 1.29 is 22.7 Å². The van der Waals surface area contributed by atoms with Crippen LogP contribution in [0, 0.1) is 5.92 Å². The Hall–Kier alpha value is -1.14. The van der Waals surface area contributed by atoms with E-state index in [2.05, 4.69) is 37.2 Å². The monoisotopic (exact) mass is 578 g/mol. The van der Waals surface area contributed by atoms with Crippen LogP contribution in [-0.4, -0.2) is 45.1 Å². The summed E-state index contributed by atoms with van der Waals surface area (Å²) in [5, 5.41) is 2.98. The summed E-state index contributed by atoms with van der Waals surface area (Å²) in [4.78, 5) is 12.5. The summed E-state index contributed by atoms with van der Waals surface area (Å²) in [5.74, 6) is 1.29. The van der Waals surface area contributed by atoms with E-state index in [9.17, 15) is 13.2 Å². The standard InChI is InChI=1S/C19H20Br2N2O5S2/c20-14-10-17(29-18(14)21)30(25,26)23-7-4-13(5-8-23)19(24)22-6-3-12-1-2-15-16(9-12)28-11-27-15/h1-2,9-10,13H,3-8,11H2,(H,22,24). The fraction of sp³-hybridized carbons (Fsp3) is 0.421. The minimum Gasteiger partial charge on any atom is -0.454 e. The van der Waals surface area contributed by atoms with Gasteiger partial charge in [-0.15, -0.1) is 11.3 Å². The molecule has 1 N–H and O–H groups in total. The Morgan fingerprint density at radius 2 is 1.90 bits per heavy atom. The van der Waals surface area contributed by atoms with Gasteiger partial charge in [-0.2, -0.15) is 4.31 Å². The molecular formula is C19H20Br2N2O5S2. The molecule has 0 atom stereocenters. The minimum atomic E-state index is -3.53. The second-order valence-electron chi connectivity index (χ2n) is 7.09. The van der Waals surface area contributed by atoms with Crippen LogP contribution in [-0.2, 0) is 21.2 Å². The summed E-state index contributed by atoms with van der Waals surface area (Å²) < 4.78 is 39.5. The second-order valence-corrected chi connectivity index (χ2v) is 12.5. The molecule has 11 heteroatoms. The molecule has 1 saturated heterocycles. The van der Waals surface area contributed by atoms with Crippen molar-refractivity contribution in [3.05, 3.63) is 38.1 Å². The molecule has 2 aliphatic heterocycles. The fourth-order valence-electron chi connectivity index (χ4n) is 3.51. The summed E-state index contributed by atoms with van der Waals surface area (Å²) in [6.07, 6.45) is 1.73. The van der Waals surface area contributed by atoms with Crippen LogP contribution >= 0.6 is 43.2 Å². The van der Waals surface area contributed by atoms with Crippen molar-refractivity contribution >= 4 is 59.1 Å². The molecule has 0 radical (unpaired) electrons. The molecule has 2 aromatic rings. The van der Waals surface area contributed by atoms with Gasteiger partial charge in [-0.1, -0.05) is 6.07 Å². The van der Waals surface area contributed by atoms with Crippen molar-refractivity contribution in [2.45, 2.75) is 23.5 Å². The normalized spacial score (nSPS) is 17.3. The number of thiophene rings is 1. The zero-order valence-electron chi connectivity index (χ0n) is 15.9. The molecule has 1 aromatic heterocycles. The van der Waals surface area contributed by atoms with Crippen LogP contribution in [0.1, 0.15) is 18.4 Å². The summed E-state index contributed by atoms with van der Waals surface area (Å²) in [6.45, 7) is 1.45. The van der Waals surface area contributed by atoms with Crippen LogP contribution < -0.4 is 14.8 Å². The Kier molecular flexibility index (Phi) is 6.73. The first-order valence-electron chi connectivity index (χ1n) is 9.46. The average Bonchev–Trinajstić information content (AvgIpc) is 3.34. The lowest BCUT2D eigenvalue weighted by molar-refractivity contribution is -0.126. The molecule has 1 amide bonds. The largest absolute Gasteiger partial charge is 0.454 e. The van der Waals surface area contributed by atoms with Gasteiger partial charge < -0.3 is 14.8 Å². The third-order valence-corrected chi connectivity index (χ3v) is 10.8. The third-order valence-electron chi connectivity index (χ3n) is 5.19. The predicted octanol–water partition coefficient (Wildman–Crippen LogP) is 3.76. The molecular weight excluding hydrogens is 560 g/mol. The number of amides is 1. The molecule has 1 fully saturated rings. The van der Waals surface area contributed by atoms with Gasteiger partial charge in [0.1, 0.15) is 4.21 Å². The van der Waals surface area contributed by atoms with Crippen molar-refractivity contribution in [1.29, 1.82) is 0 Å². The lowest BCUT2D eigenvalue weighted by Crippen LogP contribution is -2.43. The Morgan fingerprint density at radius 3 is 2.60 bits per heavy atom. The molecule has 7 nitrogen and oxygen atoms in total. The first-order valence-corrected chi connectivity index (χ1v) is 13.3. The van der Waals surface area contributed by atoms with Crippen LogP contribution in [0.2, 0.25) is 0 Å². The van der Waals surface area contributed by atoms with Crippen LogP contribution in [0.25, 0.3) is 0 Å². The highest BCUT2D eigenvalue weighted by Gasteiger charge is 2.33. The van der Waals surface area contributed by atoms with Gasteiger partial charge in [0, 0.05) is 30.0 Å². The topological polar surface area (TPSA) is 84.9 Å². The van der Waals surface area contributed by atoms with Crippen LogP contribution in [0.15, 0.2) is 36.7 Å². The number of rotatable bonds is 6. The minimum absolute atomic E-state index is 0.0191. The number of ether oxygens (including phenoxy) is 2. The van der Waals surface area contributed by atoms with Gasteiger partial charge in [0.2, 0.25) is 12.7 Å². The fourth-order valence-corrected chi connectivity index (χ4v) is 7.95. The lowest BCUT2D eigenvalue weighted by atomic mass is 9.97. The molecule has 3 heterocycles. The first kappa shape index (κ1) is 22.1. The SMILES string of the molecule is O=C(NCCc1ccc2c(c1)OCO2)C1CCN(S(=O)(=O)c2cc(Br)c(Br)s2)CC1. The van der Waals surface area contributed by atoms with Gasteiger partial charge in [-0.25, -0.2) is 8.42 Å². The maximum atomic E-state index is 12.8. The van der Waals surface area contributed by atoms with Crippen molar-refractivity contribution in [2.75, 3.05) is 26.4 Å². The number of carbonyl (C=O) groups excluding carboxylic acids is 1. The number of piperidine rings is 1. The van der Waals surface area contributed by atoms with E-state index in [0.29, 0.717) is 43.1 Å². The maximum absolute atomic E-state index is 12.8. The Labute approximate surface area is 196 Å². The van der Waals surface area contributed by atoms with Gasteiger partial charge in [0.25, 0.3) is 10.0 Å². The molecule has 0 aliphatic carbocycles. The van der Waals surface area contributed by atoms with Crippen molar-refractivity contribution in [2.24, 2.45) is 5.92 Å². The smallest absolute Gasteiger partial charge is 0.252 e. The van der Waals surface area contributed by atoms with E-state index < -0.39 is 10.0 Å². The van der Waals surface area contributed by atoms with Gasteiger partial charge in [0.15, 0.2) is 11.5 Å². The summed E-state index contributed by atoms with van der Waals surface area (Å²) in [7, 11) is -3.53. The number of hydrogen-bond acceptors (Lipinski definition) is 6. The van der Waals surface area contributed by atoms with Crippen LogP contribution in [0.3, 0.4) is 0 Å². The Balaban J connectivity index is 1.26. The van der Waals surface area contributed by atoms with E-state index >= 15 is 0 Å². The van der Waals surface area contributed by atoms with Gasteiger partial charge in [-0.3, -0.25) is 4.79 Å². The molecule has 162 valence electrons. The number of carbonyl (C=O) groups is 1. The maximum Gasteiger partial charge on any atom is 0.252 e. The molecule has 2 aliphatic rings. The van der Waals surface area contributed by atoms with Crippen molar-refractivity contribution in [1.82, 2.24) is 9.62 Å². The molecule has 30 heavy (non-hydrogen) atoms. The van der Waals surface area contributed by atoms with E-state index in [-0.39, 0.29) is 18.6 Å². The first-order chi connectivity index (χ1) is 14.3. The van der Waals surface area contributed by atoms with Crippen LogP contribution in [0.5, 0.6) is 11.5 Å². The van der Waals surface area contributed by atoms with Crippen molar-refractivity contribution in [3.8, 4) is 11.5 Å². The zero-order valence-corrected chi connectivity index (χ0v) is 20.7. The highest BCUT2D eigenvalue weighted by atomic mass is 79.9. The van der Waals surface area contributed by atoms with Gasteiger partial charge >= 0.3 is 0 Å². The quantitative estimate of drug-likeness (QED) is 0.563. The molecule has 4 rings (SSSR count). The summed E-state index contributed by atoms with van der Waals surface area (Å²) in [5.41, 5.74) is 1.06. The Bertz CT molecular complexity index is 1030. The molecule has 0 spiro atoms. The number of hydrogen-bond donors (Lipinski definition) is 1. The number of sulfonamides is 1. The van der Waals surface area contributed by atoms with Crippen LogP contribution in [0.4, 0.5) is 0 Å². The molecule has 0 saturated carbocycles. The summed E-state index contributed by atoms with van der Waals surface area (Å²) >= 11 is 7.85. The molecule has 0 bridgehead atoms. The highest BCUT2D eigenvalue weighted by molar-refractivity contribution is 9.13. The van der Waals surface area contributed by atoms with Gasteiger partial charge in [-0.05, 0) is 74.9 Å². The Morgan fingerprint density at radius 1 is 1.17 bits per heavy atom. The van der Waals surface area contributed by atoms with Gasteiger partial charge in [0.05, 0.1) is 3.79 Å². The highest BCUT2D eigenvalue weighted by Crippen LogP contribution is 2.37. The number of fused-ring (bicyclic) bond motifs is 1. The number of halogens is 2. The van der Waals surface area contributed by atoms with E-state index in [1.54, 1.807) is 6.07 Å². The average molecular weight is 580 g/mol. The number of nitrogens with zero attached hydrogens (tertiary/aromatic N) is 1. The lowest BCUT2D eigenvalue weighted by Gasteiger charge is -2.30. The molecule has 0 unspecified atom stereocenters. The third kappa shape index (κ3) is 4.69. The molecule has 1 aromatic carbocycles. The number of nitrogens with one attached hydrogen (secondary N) is 1. The van der Waals surface area contributed by atoms with E-state index in [1.165, 1.54) is 15.6 Å². The van der Waals surface area contributed by atoms with E-state index in [4.69, 9.17) is 9.47 Å². The summed E-state index contributed by atoms with van der Waals surface area (Å²) in [6, 6.07) is 7.38. The number of benzene rings is 1. The van der Waals surface area contributed by atoms with Crippen molar-refractivity contribution in [3.63, 3.8) is 0 Å². The second kappa shape index (κ2) is 9.15. The van der Waals surface area contributed by atoms with E-state index in [1.807, 2.05) is 18.2 Å².